The Labute approximate surface area is 271 Å². The van der Waals surface area contributed by atoms with Crippen LogP contribution in [0.5, 0.6) is 0 Å². The van der Waals surface area contributed by atoms with E-state index < -0.39 is 0 Å². The van der Waals surface area contributed by atoms with Crippen LogP contribution in [0.25, 0.3) is 93.4 Å². The Morgan fingerprint density at radius 1 is 0.340 bits per heavy atom. The summed E-state index contributed by atoms with van der Waals surface area (Å²) in [5, 5.41) is 10.0. The van der Waals surface area contributed by atoms with Crippen molar-refractivity contribution >= 4 is 65.2 Å². The van der Waals surface area contributed by atoms with E-state index in [0.29, 0.717) is 0 Å². The van der Waals surface area contributed by atoms with Gasteiger partial charge in [-0.05, 0) is 69.4 Å². The van der Waals surface area contributed by atoms with Gasteiger partial charge in [-0.15, -0.1) is 0 Å². The van der Waals surface area contributed by atoms with E-state index in [0.717, 1.165) is 33.5 Å². The molecule has 3 heteroatoms. The molecule has 8 aromatic carbocycles. The lowest BCUT2D eigenvalue weighted by molar-refractivity contribution is 1.18. The van der Waals surface area contributed by atoms with Crippen LogP contribution in [0.3, 0.4) is 0 Å². The fourth-order valence-electron chi connectivity index (χ4n) is 7.50. The first kappa shape index (κ1) is 26.0. The first-order chi connectivity index (χ1) is 23.3. The molecule has 0 atom stereocenters. The molecule has 10 rings (SSSR count). The summed E-state index contributed by atoms with van der Waals surface area (Å²) < 4.78 is 2.40. The maximum absolute atomic E-state index is 5.21. The summed E-state index contributed by atoms with van der Waals surface area (Å²) in [5.74, 6) is 0. The molecule has 0 aliphatic heterocycles. The summed E-state index contributed by atoms with van der Waals surface area (Å²) in [6.07, 6.45) is 0. The molecule has 47 heavy (non-hydrogen) atoms. The Hall–Kier alpha value is -6.32. The van der Waals surface area contributed by atoms with Crippen molar-refractivity contribution in [2.75, 3.05) is 0 Å². The van der Waals surface area contributed by atoms with Gasteiger partial charge in [-0.25, -0.2) is 9.97 Å². The Kier molecular flexibility index (Phi) is 5.57. The van der Waals surface area contributed by atoms with E-state index >= 15 is 0 Å². The van der Waals surface area contributed by atoms with Crippen molar-refractivity contribution in [3.05, 3.63) is 164 Å². The zero-order valence-corrected chi connectivity index (χ0v) is 25.4. The van der Waals surface area contributed by atoms with Crippen LogP contribution in [0.15, 0.2) is 164 Å². The van der Waals surface area contributed by atoms with Crippen molar-refractivity contribution < 1.29 is 0 Å². The third-order valence-electron chi connectivity index (χ3n) is 9.54. The smallest absolute Gasteiger partial charge is 0.0973 e. The lowest BCUT2D eigenvalue weighted by Gasteiger charge is -2.15. The van der Waals surface area contributed by atoms with Crippen molar-refractivity contribution in [1.82, 2.24) is 14.5 Å². The van der Waals surface area contributed by atoms with E-state index in [1.807, 2.05) is 30.3 Å². The minimum atomic E-state index is 0.891. The van der Waals surface area contributed by atoms with Crippen LogP contribution in [0.1, 0.15) is 0 Å². The molecule has 0 N–H and O–H groups in total. The van der Waals surface area contributed by atoms with Gasteiger partial charge in [0.2, 0.25) is 0 Å². The van der Waals surface area contributed by atoms with E-state index in [9.17, 15) is 0 Å². The van der Waals surface area contributed by atoms with Gasteiger partial charge in [0.1, 0.15) is 0 Å². The maximum atomic E-state index is 5.21. The molecule has 0 aliphatic rings. The predicted octanol–water partition coefficient (Wildman–Crippen LogP) is 11.5. The predicted molar refractivity (Wildman–Crippen MR) is 197 cm³/mol. The molecule has 0 aliphatic carbocycles. The molecule has 0 amide bonds. The fourth-order valence-corrected chi connectivity index (χ4v) is 7.50. The van der Waals surface area contributed by atoms with Crippen molar-refractivity contribution in [3.63, 3.8) is 0 Å². The third-order valence-corrected chi connectivity index (χ3v) is 9.54. The summed E-state index contributed by atoms with van der Waals surface area (Å²) in [7, 11) is 0. The van der Waals surface area contributed by atoms with Gasteiger partial charge in [0.15, 0.2) is 0 Å². The van der Waals surface area contributed by atoms with E-state index in [1.165, 1.54) is 59.8 Å². The summed E-state index contributed by atoms with van der Waals surface area (Å²) in [6, 6.07) is 58.3. The highest BCUT2D eigenvalue weighted by molar-refractivity contribution is 6.35. The highest BCUT2D eigenvalue weighted by atomic mass is 15.0. The van der Waals surface area contributed by atoms with Crippen LogP contribution in [-0.4, -0.2) is 14.5 Å². The second-order valence-electron chi connectivity index (χ2n) is 12.2. The maximum Gasteiger partial charge on any atom is 0.0973 e. The third kappa shape index (κ3) is 3.87. The minimum absolute atomic E-state index is 0.891. The number of aromatic nitrogens is 3. The van der Waals surface area contributed by atoms with Crippen LogP contribution in [0.2, 0.25) is 0 Å². The van der Waals surface area contributed by atoms with Crippen LogP contribution >= 0.6 is 0 Å². The van der Waals surface area contributed by atoms with Crippen molar-refractivity contribution in [2.45, 2.75) is 0 Å². The second-order valence-corrected chi connectivity index (χ2v) is 12.2. The molecule has 0 fully saturated rings. The van der Waals surface area contributed by atoms with Crippen LogP contribution in [0, 0.1) is 0 Å². The summed E-state index contributed by atoms with van der Waals surface area (Å²) in [4.78, 5) is 10.4. The van der Waals surface area contributed by atoms with Crippen molar-refractivity contribution in [2.24, 2.45) is 0 Å². The molecular formula is C44H27N3. The zero-order valence-electron chi connectivity index (χ0n) is 25.4. The average Bonchev–Trinajstić information content (AvgIpc) is 3.49. The Morgan fingerprint density at radius 2 is 0.894 bits per heavy atom. The highest BCUT2D eigenvalue weighted by Gasteiger charge is 2.20. The Bertz CT molecular complexity index is 2810. The van der Waals surface area contributed by atoms with Gasteiger partial charge in [0.25, 0.3) is 0 Å². The second kappa shape index (κ2) is 10.1. The molecule has 3 nitrogen and oxygen atoms in total. The van der Waals surface area contributed by atoms with Gasteiger partial charge in [-0.2, -0.15) is 0 Å². The molecule has 2 aromatic heterocycles. The topological polar surface area (TPSA) is 30.7 Å². The SMILES string of the molecule is c1ccc(-c2nc3ccccc3nc2-c2ccc3c(c2)c2ccccc2c2c3ccc3c2c2ccccc2n3-c2ccccc2)cc1. The lowest BCUT2D eigenvalue weighted by atomic mass is 9.90. The molecule has 218 valence electrons. The van der Waals surface area contributed by atoms with Crippen LogP contribution in [-0.2, 0) is 0 Å². The molecule has 10 aromatic rings. The Morgan fingerprint density at radius 3 is 1.66 bits per heavy atom. The molecule has 0 saturated carbocycles. The zero-order chi connectivity index (χ0) is 30.9. The van der Waals surface area contributed by atoms with Gasteiger partial charge < -0.3 is 4.57 Å². The average molecular weight is 598 g/mol. The number of fused-ring (bicyclic) bond motifs is 11. The molecule has 0 saturated heterocycles. The summed E-state index contributed by atoms with van der Waals surface area (Å²) >= 11 is 0. The normalized spacial score (nSPS) is 11.8. The van der Waals surface area contributed by atoms with Crippen LogP contribution < -0.4 is 0 Å². The van der Waals surface area contributed by atoms with Crippen LogP contribution in [0.4, 0.5) is 0 Å². The van der Waals surface area contributed by atoms with E-state index in [1.54, 1.807) is 0 Å². The molecule has 2 heterocycles. The number of rotatable bonds is 3. The van der Waals surface area contributed by atoms with Gasteiger partial charge in [-0.1, -0.05) is 121 Å². The van der Waals surface area contributed by atoms with Gasteiger partial charge in [-0.3, -0.25) is 0 Å². The molecule has 0 spiro atoms. The Balaban J connectivity index is 1.31. The summed E-state index contributed by atoms with van der Waals surface area (Å²) in [5.41, 5.74) is 9.27. The monoisotopic (exact) mass is 597 g/mol. The standard InChI is InChI=1S/C44H27N3/c1-3-13-28(14-4-1)43-44(46-38-21-11-10-20-37(38)45-43)29-23-24-32-34-25-26-40-42(41(34)33-18-8-7-17-31(33)36(32)27-29)35-19-9-12-22-39(35)47(40)30-15-5-2-6-16-30/h1-27H. The number of para-hydroxylation sites is 4. The minimum Gasteiger partial charge on any atom is -0.309 e. The number of nitrogens with zero attached hydrogens (tertiary/aromatic N) is 3. The van der Waals surface area contributed by atoms with Gasteiger partial charge in [0, 0.05) is 33.0 Å². The number of benzene rings is 8. The molecular weight excluding hydrogens is 571 g/mol. The number of hydrogen-bond donors (Lipinski definition) is 0. The largest absolute Gasteiger partial charge is 0.309 e. The van der Waals surface area contributed by atoms with Gasteiger partial charge in [0.05, 0.1) is 33.5 Å². The highest BCUT2D eigenvalue weighted by Crippen LogP contribution is 2.44. The van der Waals surface area contributed by atoms with Crippen molar-refractivity contribution in [3.8, 4) is 28.2 Å². The van der Waals surface area contributed by atoms with Gasteiger partial charge >= 0.3 is 0 Å². The van der Waals surface area contributed by atoms with E-state index in [-0.39, 0.29) is 0 Å². The fraction of sp³-hybridized carbons (Fsp3) is 0. The van der Waals surface area contributed by atoms with E-state index in [4.69, 9.17) is 9.97 Å². The molecule has 0 radical (unpaired) electrons. The summed E-state index contributed by atoms with van der Waals surface area (Å²) in [6.45, 7) is 0. The first-order valence-corrected chi connectivity index (χ1v) is 16.0. The lowest BCUT2D eigenvalue weighted by Crippen LogP contribution is -1.96. The molecule has 0 bridgehead atoms. The molecule has 0 unspecified atom stereocenters. The van der Waals surface area contributed by atoms with E-state index in [2.05, 4.69) is 138 Å². The number of hydrogen-bond acceptors (Lipinski definition) is 2. The quantitative estimate of drug-likeness (QED) is 0.190. The first-order valence-electron chi connectivity index (χ1n) is 16.0. The van der Waals surface area contributed by atoms with Crippen molar-refractivity contribution in [1.29, 1.82) is 0 Å².